The normalized spacial score (nSPS) is 17.4. The number of rotatable bonds is 3. The molecule has 1 aliphatic heterocycles. The predicted octanol–water partition coefficient (Wildman–Crippen LogP) is 2.48. The van der Waals surface area contributed by atoms with Crippen LogP contribution in [0.25, 0.3) is 5.69 Å². The van der Waals surface area contributed by atoms with Crippen molar-refractivity contribution >= 4 is 5.91 Å². The monoisotopic (exact) mass is 334 g/mol. The minimum Gasteiger partial charge on any atom is -0.377 e. The zero-order valence-corrected chi connectivity index (χ0v) is 13.7. The minimum absolute atomic E-state index is 0.107. The van der Waals surface area contributed by atoms with Gasteiger partial charge in [-0.3, -0.25) is 4.79 Å². The molecule has 0 radical (unpaired) electrons. The van der Waals surface area contributed by atoms with E-state index in [1.165, 1.54) is 0 Å². The van der Waals surface area contributed by atoms with Gasteiger partial charge >= 0.3 is 0 Å². The van der Waals surface area contributed by atoms with Crippen LogP contribution >= 0.6 is 0 Å². The number of para-hydroxylation sites is 1. The van der Waals surface area contributed by atoms with Crippen molar-refractivity contribution in [3.8, 4) is 5.69 Å². The molecule has 0 N–H and O–H groups in total. The Morgan fingerprint density at radius 1 is 1.04 bits per heavy atom. The first-order valence-electron chi connectivity index (χ1n) is 8.24. The second-order valence-corrected chi connectivity index (χ2v) is 5.88. The Hall–Kier alpha value is -2.99. The van der Waals surface area contributed by atoms with E-state index in [2.05, 4.69) is 10.3 Å². The molecule has 1 atom stereocenters. The molecular formula is C19H18N4O2. The van der Waals surface area contributed by atoms with Crippen molar-refractivity contribution in [3.05, 3.63) is 78.1 Å². The van der Waals surface area contributed by atoms with Crippen LogP contribution in [0.1, 0.15) is 22.1 Å². The molecule has 126 valence electrons. The lowest BCUT2D eigenvalue weighted by atomic mass is 10.0. The van der Waals surface area contributed by atoms with Crippen LogP contribution in [0.4, 0.5) is 0 Å². The van der Waals surface area contributed by atoms with E-state index >= 15 is 0 Å². The third kappa shape index (κ3) is 3.16. The fourth-order valence-electron chi connectivity index (χ4n) is 3.01. The Morgan fingerprint density at radius 3 is 2.52 bits per heavy atom. The fourth-order valence-corrected chi connectivity index (χ4v) is 3.01. The van der Waals surface area contributed by atoms with Gasteiger partial charge in [0.25, 0.3) is 5.91 Å². The van der Waals surface area contributed by atoms with Gasteiger partial charge in [0.15, 0.2) is 5.69 Å². The van der Waals surface area contributed by atoms with Gasteiger partial charge in [-0.1, -0.05) is 53.7 Å². The molecule has 0 saturated carbocycles. The third-order valence-electron chi connectivity index (χ3n) is 4.31. The van der Waals surface area contributed by atoms with Gasteiger partial charge < -0.3 is 9.64 Å². The Morgan fingerprint density at radius 2 is 1.76 bits per heavy atom. The number of carbonyl (C=O) groups excluding carboxylic acids is 1. The molecule has 1 fully saturated rings. The highest BCUT2D eigenvalue weighted by Gasteiger charge is 2.30. The van der Waals surface area contributed by atoms with Crippen LogP contribution < -0.4 is 0 Å². The van der Waals surface area contributed by atoms with E-state index < -0.39 is 0 Å². The summed E-state index contributed by atoms with van der Waals surface area (Å²) in [7, 11) is 0. The van der Waals surface area contributed by atoms with E-state index in [0.717, 1.165) is 11.3 Å². The molecule has 25 heavy (non-hydrogen) atoms. The van der Waals surface area contributed by atoms with Crippen molar-refractivity contribution in [2.24, 2.45) is 0 Å². The maximum atomic E-state index is 13.0. The average Bonchev–Trinajstić information content (AvgIpc) is 3.19. The number of morpholine rings is 1. The van der Waals surface area contributed by atoms with Crippen LogP contribution in [0.15, 0.2) is 66.9 Å². The highest BCUT2D eigenvalue weighted by Crippen LogP contribution is 2.25. The molecule has 6 heteroatoms. The maximum absolute atomic E-state index is 13.0. The molecule has 2 heterocycles. The highest BCUT2D eigenvalue weighted by atomic mass is 16.5. The largest absolute Gasteiger partial charge is 0.377 e. The van der Waals surface area contributed by atoms with Crippen molar-refractivity contribution in [2.75, 3.05) is 19.8 Å². The highest BCUT2D eigenvalue weighted by molar-refractivity contribution is 5.92. The SMILES string of the molecule is O=C(c1cn(-c2ccccc2)nn1)N1CCOC[C@@H]1c1ccccc1. The van der Waals surface area contributed by atoms with Gasteiger partial charge in [0.1, 0.15) is 0 Å². The zero-order chi connectivity index (χ0) is 17.1. The predicted molar refractivity (Wildman–Crippen MR) is 92.4 cm³/mol. The minimum atomic E-state index is -0.126. The van der Waals surface area contributed by atoms with Gasteiger partial charge in [0.05, 0.1) is 31.1 Å². The number of carbonyl (C=O) groups is 1. The van der Waals surface area contributed by atoms with Crippen molar-refractivity contribution in [3.63, 3.8) is 0 Å². The lowest BCUT2D eigenvalue weighted by molar-refractivity contribution is -0.00301. The van der Waals surface area contributed by atoms with E-state index in [4.69, 9.17) is 4.74 Å². The molecule has 0 aliphatic carbocycles. The fraction of sp³-hybridized carbons (Fsp3) is 0.211. The van der Waals surface area contributed by atoms with Gasteiger partial charge in [-0.25, -0.2) is 4.68 Å². The lowest BCUT2D eigenvalue weighted by Crippen LogP contribution is -2.43. The Balaban J connectivity index is 1.60. The molecule has 4 rings (SSSR count). The van der Waals surface area contributed by atoms with Crippen LogP contribution in [0, 0.1) is 0 Å². The number of benzene rings is 2. The number of aromatic nitrogens is 3. The van der Waals surface area contributed by atoms with Crippen LogP contribution in [-0.4, -0.2) is 45.6 Å². The quantitative estimate of drug-likeness (QED) is 0.738. The summed E-state index contributed by atoms with van der Waals surface area (Å²) in [4.78, 5) is 14.8. The second-order valence-electron chi connectivity index (χ2n) is 5.88. The molecule has 0 bridgehead atoms. The molecule has 1 aromatic heterocycles. The summed E-state index contributed by atoms with van der Waals surface area (Å²) < 4.78 is 7.21. The molecular weight excluding hydrogens is 316 g/mol. The maximum Gasteiger partial charge on any atom is 0.276 e. The number of ether oxygens (including phenoxy) is 1. The van der Waals surface area contributed by atoms with E-state index in [1.807, 2.05) is 65.6 Å². The summed E-state index contributed by atoms with van der Waals surface area (Å²) in [6, 6.07) is 19.4. The molecule has 2 aromatic carbocycles. The summed E-state index contributed by atoms with van der Waals surface area (Å²) in [5, 5.41) is 8.16. The summed E-state index contributed by atoms with van der Waals surface area (Å²) in [5.41, 5.74) is 2.27. The summed E-state index contributed by atoms with van der Waals surface area (Å²) in [6.07, 6.45) is 1.68. The van der Waals surface area contributed by atoms with Gasteiger partial charge in [-0.15, -0.1) is 5.10 Å². The van der Waals surface area contributed by atoms with E-state index in [0.29, 0.717) is 25.5 Å². The molecule has 6 nitrogen and oxygen atoms in total. The number of nitrogens with zero attached hydrogens (tertiary/aromatic N) is 4. The Kier molecular flexibility index (Phi) is 4.26. The zero-order valence-electron chi connectivity index (χ0n) is 13.7. The third-order valence-corrected chi connectivity index (χ3v) is 4.31. The van der Waals surface area contributed by atoms with Crippen LogP contribution in [-0.2, 0) is 4.74 Å². The summed E-state index contributed by atoms with van der Waals surface area (Å²) >= 11 is 0. The molecule has 1 aliphatic rings. The van der Waals surface area contributed by atoms with Crippen LogP contribution in [0.3, 0.4) is 0 Å². The second kappa shape index (κ2) is 6.86. The molecule has 0 unspecified atom stereocenters. The number of hydrogen-bond donors (Lipinski definition) is 0. The molecule has 1 amide bonds. The topological polar surface area (TPSA) is 60.2 Å². The van der Waals surface area contributed by atoms with E-state index in [1.54, 1.807) is 10.9 Å². The number of hydrogen-bond acceptors (Lipinski definition) is 4. The van der Waals surface area contributed by atoms with Gasteiger partial charge in [-0.05, 0) is 17.7 Å². The van der Waals surface area contributed by atoms with Crippen molar-refractivity contribution in [1.29, 1.82) is 0 Å². The van der Waals surface area contributed by atoms with Crippen molar-refractivity contribution < 1.29 is 9.53 Å². The first-order valence-corrected chi connectivity index (χ1v) is 8.24. The van der Waals surface area contributed by atoms with Crippen molar-refractivity contribution in [2.45, 2.75) is 6.04 Å². The molecule has 1 saturated heterocycles. The van der Waals surface area contributed by atoms with Crippen LogP contribution in [0.2, 0.25) is 0 Å². The average molecular weight is 334 g/mol. The number of amides is 1. The first-order chi connectivity index (χ1) is 12.3. The first kappa shape index (κ1) is 15.5. The Bertz CT molecular complexity index is 848. The lowest BCUT2D eigenvalue weighted by Gasteiger charge is -2.35. The Labute approximate surface area is 145 Å². The summed E-state index contributed by atoms with van der Waals surface area (Å²) in [5.74, 6) is -0.126. The van der Waals surface area contributed by atoms with E-state index in [-0.39, 0.29) is 11.9 Å². The summed E-state index contributed by atoms with van der Waals surface area (Å²) in [6.45, 7) is 1.56. The van der Waals surface area contributed by atoms with Gasteiger partial charge in [0.2, 0.25) is 0 Å². The van der Waals surface area contributed by atoms with Gasteiger partial charge in [0, 0.05) is 6.54 Å². The smallest absolute Gasteiger partial charge is 0.276 e. The molecule has 3 aromatic rings. The van der Waals surface area contributed by atoms with Crippen molar-refractivity contribution in [1.82, 2.24) is 19.9 Å². The van der Waals surface area contributed by atoms with E-state index in [9.17, 15) is 4.79 Å². The molecule has 0 spiro atoms. The van der Waals surface area contributed by atoms with Gasteiger partial charge in [-0.2, -0.15) is 0 Å². The standard InChI is InChI=1S/C19H18N4O2/c24-19(17-13-23(21-20-17)16-9-5-2-6-10-16)22-11-12-25-14-18(22)15-7-3-1-4-8-15/h1-10,13,18H,11-12,14H2/t18-/m1/s1. The van der Waals surface area contributed by atoms with Crippen LogP contribution in [0.5, 0.6) is 0 Å².